The number of nitrogens with zero attached hydrogens (tertiary/aromatic N) is 5. The number of benzene rings is 2. The second-order valence-corrected chi connectivity index (χ2v) is 13.9. The topological polar surface area (TPSA) is 131 Å². The fourth-order valence-electron chi connectivity index (χ4n) is 6.74. The van der Waals surface area contributed by atoms with Crippen molar-refractivity contribution in [3.63, 3.8) is 0 Å². The summed E-state index contributed by atoms with van der Waals surface area (Å²) >= 11 is 7.03. The lowest BCUT2D eigenvalue weighted by Gasteiger charge is -2.41. The molecule has 11 nitrogen and oxygen atoms in total. The number of amides is 3. The van der Waals surface area contributed by atoms with Crippen molar-refractivity contribution >= 4 is 66.3 Å². The van der Waals surface area contributed by atoms with Crippen molar-refractivity contribution in [1.82, 2.24) is 30.0 Å². The minimum Gasteiger partial charge on any atom is -0.397 e. The number of anilines is 2. The van der Waals surface area contributed by atoms with Crippen LogP contribution in [0.3, 0.4) is 0 Å². The summed E-state index contributed by atoms with van der Waals surface area (Å²) in [4.78, 5) is 56.0. The first-order chi connectivity index (χ1) is 21.8. The van der Waals surface area contributed by atoms with Crippen LogP contribution in [-0.4, -0.2) is 101 Å². The lowest BCUT2D eigenvalue weighted by atomic mass is 9.98. The number of hydrogen-bond donors (Lipinski definition) is 3. The third-order valence-corrected chi connectivity index (χ3v) is 10.6. The van der Waals surface area contributed by atoms with Crippen molar-refractivity contribution in [2.24, 2.45) is 0 Å². The normalized spacial score (nSPS) is 19.1. The first-order valence-corrected chi connectivity index (χ1v) is 17.4. The Balaban J connectivity index is 1.12. The molecule has 0 unspecified atom stereocenters. The van der Waals surface area contributed by atoms with Crippen molar-refractivity contribution in [3.05, 3.63) is 61.3 Å². The van der Waals surface area contributed by atoms with Gasteiger partial charge in [-0.3, -0.25) is 9.59 Å². The van der Waals surface area contributed by atoms with Crippen molar-refractivity contribution < 1.29 is 9.59 Å². The highest BCUT2D eigenvalue weighted by atomic mass is 79.9. The number of H-pyrrole nitrogens is 1. The van der Waals surface area contributed by atoms with Gasteiger partial charge in [-0.05, 0) is 100 Å². The molecule has 3 aromatic rings. The number of piperidine rings is 2. The summed E-state index contributed by atoms with van der Waals surface area (Å²) < 4.78 is 1.47. The molecule has 3 fully saturated rings. The highest BCUT2D eigenvalue weighted by Gasteiger charge is 2.33. The molecular weight excluding hydrogens is 704 g/mol. The molecule has 240 valence electrons. The molecular formula is C32H40Br2N8O3. The van der Waals surface area contributed by atoms with E-state index in [0.717, 1.165) is 46.0 Å². The summed E-state index contributed by atoms with van der Waals surface area (Å²) in [5.74, 6) is 0.296. The van der Waals surface area contributed by atoms with Gasteiger partial charge in [-0.1, -0.05) is 18.6 Å². The summed E-state index contributed by atoms with van der Waals surface area (Å²) in [5, 5.41) is 3.07. The molecule has 0 saturated carbocycles. The van der Waals surface area contributed by atoms with E-state index >= 15 is 0 Å². The van der Waals surface area contributed by atoms with Gasteiger partial charge in [-0.25, -0.2) is 9.78 Å². The maximum atomic E-state index is 14.0. The number of halogens is 2. The van der Waals surface area contributed by atoms with Gasteiger partial charge in [0.15, 0.2) is 5.82 Å². The number of urea groups is 1. The number of aromatic nitrogens is 2. The lowest BCUT2D eigenvalue weighted by Crippen LogP contribution is -2.58. The van der Waals surface area contributed by atoms with Gasteiger partial charge in [0.25, 0.3) is 5.56 Å². The largest absolute Gasteiger partial charge is 0.397 e. The van der Waals surface area contributed by atoms with Crippen molar-refractivity contribution in [2.75, 3.05) is 63.0 Å². The van der Waals surface area contributed by atoms with Gasteiger partial charge in [0.05, 0.1) is 16.7 Å². The van der Waals surface area contributed by atoms with Crippen molar-refractivity contribution in [2.45, 2.75) is 50.6 Å². The van der Waals surface area contributed by atoms with E-state index in [9.17, 15) is 14.4 Å². The van der Waals surface area contributed by atoms with Gasteiger partial charge in [0, 0.05) is 60.7 Å². The molecule has 6 rings (SSSR count). The Kier molecular flexibility index (Phi) is 9.96. The number of likely N-dealkylation sites (tertiary alicyclic amines) is 2. The van der Waals surface area contributed by atoms with E-state index in [-0.39, 0.29) is 17.5 Å². The SMILES string of the molecule is Nc1c(Br)cc(C[C@@H](NC(=O)N2CCN(c3nc4ccccc4[nH]c3=O)CC2)C(=O)N2CCC(N3CCCCC3)CC2)cc1Br. The Hall–Kier alpha value is -3.16. The smallest absolute Gasteiger partial charge is 0.318 e. The molecule has 0 radical (unpaired) electrons. The maximum Gasteiger partial charge on any atom is 0.318 e. The third kappa shape index (κ3) is 7.30. The predicted molar refractivity (Wildman–Crippen MR) is 183 cm³/mol. The molecule has 0 aliphatic carbocycles. The standard InChI is InChI=1S/C32H40Br2N8O3/c33-23-18-21(19-24(34)28(23)35)20-27(31(44)41-12-8-22(9-13-41)39-10-4-1-5-11-39)38-32(45)42-16-14-40(15-17-42)29-30(43)37-26-7-3-2-6-25(26)36-29/h2-3,6-7,18-19,22,27H,1,4-5,8-17,20,35H2,(H,37,43)(H,38,45)/t27-/m1/s1. The molecule has 2 aromatic carbocycles. The molecule has 3 saturated heterocycles. The number of rotatable bonds is 6. The maximum absolute atomic E-state index is 14.0. The first kappa shape index (κ1) is 31.8. The average molecular weight is 745 g/mol. The molecule has 1 aromatic heterocycles. The zero-order chi connectivity index (χ0) is 31.5. The van der Waals surface area contributed by atoms with E-state index in [1.165, 1.54) is 19.3 Å². The second-order valence-electron chi connectivity index (χ2n) is 12.2. The van der Waals surface area contributed by atoms with Crippen LogP contribution < -0.4 is 21.5 Å². The molecule has 0 spiro atoms. The number of carbonyl (C=O) groups is 2. The summed E-state index contributed by atoms with van der Waals surface area (Å²) in [6.07, 6.45) is 6.06. The van der Waals surface area contributed by atoms with E-state index in [1.54, 1.807) is 4.90 Å². The lowest BCUT2D eigenvalue weighted by molar-refractivity contribution is -0.134. The van der Waals surface area contributed by atoms with Gasteiger partial charge in [-0.2, -0.15) is 0 Å². The van der Waals surface area contributed by atoms with Gasteiger partial charge < -0.3 is 35.6 Å². The fraction of sp³-hybridized carbons (Fsp3) is 0.500. The fourth-order valence-corrected chi connectivity index (χ4v) is 8.02. The number of fused-ring (bicyclic) bond motifs is 1. The highest BCUT2D eigenvalue weighted by molar-refractivity contribution is 9.11. The second kappa shape index (κ2) is 14.1. The third-order valence-electron chi connectivity index (χ3n) is 9.31. The molecule has 1 atom stereocenters. The van der Waals surface area contributed by atoms with Crippen LogP contribution >= 0.6 is 31.9 Å². The average Bonchev–Trinajstić information content (AvgIpc) is 3.06. The predicted octanol–water partition coefficient (Wildman–Crippen LogP) is 3.95. The number of hydrogen-bond acceptors (Lipinski definition) is 7. The summed E-state index contributed by atoms with van der Waals surface area (Å²) in [5.41, 5.74) is 8.75. The van der Waals surface area contributed by atoms with Gasteiger partial charge in [0.2, 0.25) is 5.91 Å². The Morgan fingerprint density at radius 2 is 1.60 bits per heavy atom. The Morgan fingerprint density at radius 3 is 2.29 bits per heavy atom. The van der Waals surface area contributed by atoms with Crippen LogP contribution in [0, 0.1) is 0 Å². The summed E-state index contributed by atoms with van der Waals surface area (Å²) in [6, 6.07) is 10.8. The zero-order valence-corrected chi connectivity index (χ0v) is 28.5. The van der Waals surface area contributed by atoms with Crippen LogP contribution in [0.25, 0.3) is 11.0 Å². The number of carbonyl (C=O) groups excluding carboxylic acids is 2. The van der Waals surface area contributed by atoms with Crippen LogP contribution in [0.4, 0.5) is 16.3 Å². The van der Waals surface area contributed by atoms with E-state index in [1.807, 2.05) is 46.2 Å². The molecule has 3 aliphatic rings. The number of aromatic amines is 1. The van der Waals surface area contributed by atoms with Crippen molar-refractivity contribution in [3.8, 4) is 0 Å². The first-order valence-electron chi connectivity index (χ1n) is 15.8. The number of nitrogen functional groups attached to an aromatic ring is 1. The van der Waals surface area contributed by atoms with E-state index in [0.29, 0.717) is 68.8 Å². The molecule has 0 bridgehead atoms. The van der Waals surface area contributed by atoms with E-state index < -0.39 is 6.04 Å². The number of piperazine rings is 1. The highest BCUT2D eigenvalue weighted by Crippen LogP contribution is 2.30. The molecule has 13 heteroatoms. The molecule has 3 aliphatic heterocycles. The monoisotopic (exact) mass is 742 g/mol. The quantitative estimate of drug-likeness (QED) is 0.326. The zero-order valence-electron chi connectivity index (χ0n) is 25.3. The van der Waals surface area contributed by atoms with Gasteiger partial charge >= 0.3 is 6.03 Å². The Labute approximate surface area is 279 Å². The number of nitrogens with two attached hydrogens (primary N) is 1. The molecule has 4 heterocycles. The van der Waals surface area contributed by atoms with E-state index in [2.05, 4.69) is 52.0 Å². The van der Waals surface area contributed by atoms with Crippen LogP contribution in [0.5, 0.6) is 0 Å². The number of para-hydroxylation sites is 2. The minimum absolute atomic E-state index is 0.0601. The van der Waals surface area contributed by atoms with Crippen LogP contribution in [-0.2, 0) is 11.2 Å². The molecule has 45 heavy (non-hydrogen) atoms. The summed E-state index contributed by atoms with van der Waals surface area (Å²) in [7, 11) is 0. The molecule has 3 amide bonds. The Morgan fingerprint density at radius 1 is 0.933 bits per heavy atom. The van der Waals surface area contributed by atoms with Crippen LogP contribution in [0.1, 0.15) is 37.7 Å². The Bertz CT molecular complexity index is 1570. The van der Waals surface area contributed by atoms with E-state index in [4.69, 9.17) is 5.73 Å². The van der Waals surface area contributed by atoms with Gasteiger partial charge in [-0.15, -0.1) is 0 Å². The van der Waals surface area contributed by atoms with Gasteiger partial charge in [0.1, 0.15) is 6.04 Å². The van der Waals surface area contributed by atoms with Crippen LogP contribution in [0.15, 0.2) is 50.1 Å². The van der Waals surface area contributed by atoms with Crippen molar-refractivity contribution in [1.29, 1.82) is 0 Å². The number of nitrogens with one attached hydrogen (secondary N) is 2. The van der Waals surface area contributed by atoms with Crippen LogP contribution in [0.2, 0.25) is 0 Å². The molecule has 4 N–H and O–H groups in total. The minimum atomic E-state index is -0.727. The summed E-state index contributed by atoms with van der Waals surface area (Å²) in [6.45, 7) is 5.40.